The lowest BCUT2D eigenvalue weighted by Gasteiger charge is -2.14. The number of aromatic nitrogens is 4. The molecule has 5 aromatic rings. The number of amides is 1. The summed E-state index contributed by atoms with van der Waals surface area (Å²) in [4.78, 5) is 47.4. The molecule has 3 heterocycles. The molecule has 0 saturated heterocycles. The fraction of sp³-hybridized carbons (Fsp3) is 0.0741. The van der Waals surface area contributed by atoms with Crippen LogP contribution in [0.3, 0.4) is 0 Å². The topological polar surface area (TPSA) is 108 Å². The average molecular weight is 479 g/mol. The second-order valence-electron chi connectivity index (χ2n) is 7.98. The van der Waals surface area contributed by atoms with E-state index in [1.807, 2.05) is 30.3 Å². The highest BCUT2D eigenvalue weighted by Gasteiger charge is 2.16. The standard InChI is InChI=1S/C27H21N5O4/c33-24(30-20-10-12-22(13-11-20)36-21-7-2-1-3-8-21)18-31-23-9-5-15-29-25(23)26(34)32(27(31)35)17-19-6-4-14-28-16-19/h1-16H,17-18H2,(H,30,33). The van der Waals surface area contributed by atoms with Crippen LogP contribution in [0.2, 0.25) is 0 Å². The molecule has 0 aliphatic heterocycles. The fourth-order valence-electron chi connectivity index (χ4n) is 3.78. The van der Waals surface area contributed by atoms with E-state index in [-0.39, 0.29) is 24.1 Å². The van der Waals surface area contributed by atoms with E-state index in [0.29, 0.717) is 22.7 Å². The molecule has 1 N–H and O–H groups in total. The molecule has 0 atom stereocenters. The van der Waals surface area contributed by atoms with Crippen LogP contribution in [0.15, 0.2) is 107 Å². The molecule has 9 nitrogen and oxygen atoms in total. The van der Waals surface area contributed by atoms with Crippen molar-refractivity contribution in [1.82, 2.24) is 19.1 Å². The molecule has 9 heteroatoms. The van der Waals surface area contributed by atoms with E-state index in [9.17, 15) is 14.4 Å². The first kappa shape index (κ1) is 22.7. The number of carbonyl (C=O) groups is 1. The minimum absolute atomic E-state index is 0.0164. The Kier molecular flexibility index (Phi) is 6.35. The molecule has 0 bridgehead atoms. The molecule has 1 amide bonds. The summed E-state index contributed by atoms with van der Waals surface area (Å²) < 4.78 is 8.09. The second kappa shape index (κ2) is 10.1. The third kappa shape index (κ3) is 4.90. The highest BCUT2D eigenvalue weighted by molar-refractivity contribution is 5.91. The number of nitrogens with zero attached hydrogens (tertiary/aromatic N) is 4. The van der Waals surface area contributed by atoms with E-state index in [0.717, 1.165) is 4.57 Å². The molecule has 3 aromatic heterocycles. The first-order valence-corrected chi connectivity index (χ1v) is 11.2. The van der Waals surface area contributed by atoms with Crippen molar-refractivity contribution in [3.8, 4) is 11.5 Å². The summed E-state index contributed by atoms with van der Waals surface area (Å²) >= 11 is 0. The van der Waals surface area contributed by atoms with Crippen molar-refractivity contribution < 1.29 is 9.53 Å². The number of anilines is 1. The summed E-state index contributed by atoms with van der Waals surface area (Å²) in [6.45, 7) is -0.279. The summed E-state index contributed by atoms with van der Waals surface area (Å²) in [5, 5.41) is 2.79. The number of fused-ring (bicyclic) bond motifs is 1. The fourth-order valence-corrected chi connectivity index (χ4v) is 3.78. The number of ether oxygens (including phenoxy) is 1. The van der Waals surface area contributed by atoms with Crippen LogP contribution >= 0.6 is 0 Å². The van der Waals surface area contributed by atoms with Gasteiger partial charge in [-0.2, -0.15) is 0 Å². The van der Waals surface area contributed by atoms with Crippen molar-refractivity contribution in [1.29, 1.82) is 0 Å². The number of nitrogens with one attached hydrogen (secondary N) is 1. The van der Waals surface area contributed by atoms with Crippen molar-refractivity contribution in [3.05, 3.63) is 124 Å². The van der Waals surface area contributed by atoms with Crippen molar-refractivity contribution in [2.75, 3.05) is 5.32 Å². The summed E-state index contributed by atoms with van der Waals surface area (Å²) in [6, 6.07) is 23.0. The number of rotatable bonds is 7. The molecule has 0 saturated carbocycles. The predicted molar refractivity (Wildman–Crippen MR) is 135 cm³/mol. The minimum Gasteiger partial charge on any atom is -0.457 e. The van der Waals surface area contributed by atoms with Crippen LogP contribution in [0.1, 0.15) is 5.56 Å². The van der Waals surface area contributed by atoms with Gasteiger partial charge in [-0.25, -0.2) is 9.78 Å². The lowest BCUT2D eigenvalue weighted by Crippen LogP contribution is -2.42. The zero-order valence-corrected chi connectivity index (χ0v) is 19.1. The maximum atomic E-state index is 13.3. The molecule has 0 unspecified atom stereocenters. The van der Waals surface area contributed by atoms with Crippen molar-refractivity contribution in [2.24, 2.45) is 0 Å². The normalized spacial score (nSPS) is 10.8. The van der Waals surface area contributed by atoms with E-state index in [1.165, 1.54) is 10.8 Å². The smallest absolute Gasteiger partial charge is 0.332 e. The van der Waals surface area contributed by atoms with Gasteiger partial charge in [0.2, 0.25) is 5.91 Å². The van der Waals surface area contributed by atoms with Gasteiger partial charge < -0.3 is 10.1 Å². The average Bonchev–Trinajstić information content (AvgIpc) is 2.91. The molecule has 0 aliphatic carbocycles. The van der Waals surface area contributed by atoms with E-state index >= 15 is 0 Å². The third-order valence-corrected chi connectivity index (χ3v) is 5.47. The largest absolute Gasteiger partial charge is 0.457 e. The maximum Gasteiger partial charge on any atom is 0.332 e. The second-order valence-corrected chi connectivity index (χ2v) is 7.98. The Labute approximate surface area is 205 Å². The molecular weight excluding hydrogens is 458 g/mol. The van der Waals surface area contributed by atoms with Gasteiger partial charge in [0.15, 0.2) is 5.52 Å². The molecule has 0 aliphatic rings. The van der Waals surface area contributed by atoms with Crippen LogP contribution in [-0.2, 0) is 17.9 Å². The molecule has 2 aromatic carbocycles. The van der Waals surface area contributed by atoms with E-state index in [4.69, 9.17) is 4.74 Å². The van der Waals surface area contributed by atoms with Crippen LogP contribution in [0.25, 0.3) is 11.0 Å². The van der Waals surface area contributed by atoms with Crippen LogP contribution in [-0.4, -0.2) is 25.0 Å². The van der Waals surface area contributed by atoms with E-state index in [2.05, 4.69) is 15.3 Å². The molecule has 178 valence electrons. The summed E-state index contributed by atoms with van der Waals surface area (Å²) in [5.41, 5.74) is 0.490. The molecule has 0 fully saturated rings. The van der Waals surface area contributed by atoms with Crippen molar-refractivity contribution in [2.45, 2.75) is 13.1 Å². The first-order chi connectivity index (χ1) is 17.6. The zero-order valence-electron chi connectivity index (χ0n) is 19.1. The number of pyridine rings is 2. The monoisotopic (exact) mass is 479 g/mol. The number of carbonyl (C=O) groups excluding carboxylic acids is 1. The van der Waals surface area contributed by atoms with Gasteiger partial charge in [0.1, 0.15) is 18.0 Å². The molecule has 0 radical (unpaired) electrons. The van der Waals surface area contributed by atoms with Gasteiger partial charge in [-0.1, -0.05) is 24.3 Å². The lowest BCUT2D eigenvalue weighted by molar-refractivity contribution is -0.116. The van der Waals surface area contributed by atoms with Gasteiger partial charge in [0.25, 0.3) is 5.56 Å². The molecule has 36 heavy (non-hydrogen) atoms. The molecule has 5 rings (SSSR count). The van der Waals surface area contributed by atoms with Crippen molar-refractivity contribution >= 4 is 22.6 Å². The summed E-state index contributed by atoms with van der Waals surface area (Å²) in [6.07, 6.45) is 4.67. The lowest BCUT2D eigenvalue weighted by atomic mass is 10.2. The quantitative estimate of drug-likeness (QED) is 0.383. The number of benzene rings is 2. The Balaban J connectivity index is 1.39. The van der Waals surface area contributed by atoms with E-state index < -0.39 is 17.2 Å². The Morgan fingerprint density at radius 3 is 2.33 bits per heavy atom. The highest BCUT2D eigenvalue weighted by Crippen LogP contribution is 2.22. The van der Waals surface area contributed by atoms with Crippen LogP contribution in [0.4, 0.5) is 5.69 Å². The molecular formula is C27H21N5O4. The summed E-state index contributed by atoms with van der Waals surface area (Å²) in [7, 11) is 0. The Bertz CT molecular complexity index is 1630. The van der Waals surface area contributed by atoms with Gasteiger partial charge >= 0.3 is 5.69 Å². The van der Waals surface area contributed by atoms with Gasteiger partial charge in [-0.3, -0.25) is 23.7 Å². The Hall–Kier alpha value is -5.05. The van der Waals surface area contributed by atoms with Crippen LogP contribution < -0.4 is 21.3 Å². The Morgan fingerprint density at radius 1 is 0.833 bits per heavy atom. The van der Waals surface area contributed by atoms with Crippen LogP contribution in [0, 0.1) is 0 Å². The van der Waals surface area contributed by atoms with Gasteiger partial charge in [0.05, 0.1) is 12.1 Å². The number of para-hydroxylation sites is 1. The summed E-state index contributed by atoms with van der Waals surface area (Å²) in [5.74, 6) is 0.899. The highest BCUT2D eigenvalue weighted by atomic mass is 16.5. The SMILES string of the molecule is O=C(Cn1c(=O)n(Cc2cccnc2)c(=O)c2ncccc21)Nc1ccc(Oc2ccccc2)cc1. The van der Waals surface area contributed by atoms with Gasteiger partial charge in [-0.15, -0.1) is 0 Å². The number of hydrogen-bond acceptors (Lipinski definition) is 6. The third-order valence-electron chi connectivity index (χ3n) is 5.47. The number of hydrogen-bond donors (Lipinski definition) is 1. The van der Waals surface area contributed by atoms with Crippen molar-refractivity contribution in [3.63, 3.8) is 0 Å². The minimum atomic E-state index is -0.605. The molecule has 0 spiro atoms. The Morgan fingerprint density at radius 2 is 1.58 bits per heavy atom. The van der Waals surface area contributed by atoms with Gasteiger partial charge in [-0.05, 0) is 60.2 Å². The maximum absolute atomic E-state index is 13.3. The predicted octanol–water partition coefficient (Wildman–Crippen LogP) is 3.43. The van der Waals surface area contributed by atoms with E-state index in [1.54, 1.807) is 60.9 Å². The zero-order chi connectivity index (χ0) is 24.9. The van der Waals surface area contributed by atoms with Gasteiger partial charge in [0, 0.05) is 24.3 Å². The first-order valence-electron chi connectivity index (χ1n) is 11.2. The van der Waals surface area contributed by atoms with Crippen LogP contribution in [0.5, 0.6) is 11.5 Å².